The number of hydrogen-bond acceptors (Lipinski definition) is 4. The Bertz CT molecular complexity index is 322. The Morgan fingerprint density at radius 1 is 1.73 bits per heavy atom. The first-order valence-electron chi connectivity index (χ1n) is 4.96. The Morgan fingerprint density at radius 3 is 3.07 bits per heavy atom. The third-order valence-electron chi connectivity index (χ3n) is 2.23. The molecule has 0 fully saturated rings. The van der Waals surface area contributed by atoms with Crippen molar-refractivity contribution in [3.8, 4) is 0 Å². The van der Waals surface area contributed by atoms with E-state index >= 15 is 0 Å². The number of nitrogens with two attached hydrogens (primary N) is 1. The molecule has 0 aliphatic heterocycles. The van der Waals surface area contributed by atoms with E-state index in [-0.39, 0.29) is 18.8 Å². The van der Waals surface area contributed by atoms with Crippen molar-refractivity contribution in [3.63, 3.8) is 0 Å². The Hall–Kier alpha value is -1.20. The van der Waals surface area contributed by atoms with E-state index in [2.05, 4.69) is 4.98 Å². The largest absolute Gasteiger partial charge is 0.383 e. The van der Waals surface area contributed by atoms with E-state index in [4.69, 9.17) is 10.5 Å². The van der Waals surface area contributed by atoms with E-state index in [0.717, 1.165) is 12.4 Å². The summed E-state index contributed by atoms with van der Waals surface area (Å²) in [6, 6.07) is -0.558. The van der Waals surface area contributed by atoms with E-state index in [0.29, 0.717) is 0 Å². The van der Waals surface area contributed by atoms with Gasteiger partial charge in [-0.25, -0.2) is 4.98 Å². The van der Waals surface area contributed by atoms with Crippen molar-refractivity contribution in [1.29, 1.82) is 0 Å². The number of methoxy groups -OCH3 is 1. The zero-order valence-electron chi connectivity index (χ0n) is 9.14. The van der Waals surface area contributed by atoms with Crippen LogP contribution in [0.1, 0.15) is 12.7 Å². The molecule has 1 heterocycles. The zero-order chi connectivity index (χ0) is 11.3. The molecular formula is C10H17N3O2. The first-order chi connectivity index (χ1) is 7.19. The van der Waals surface area contributed by atoms with Gasteiger partial charge >= 0.3 is 0 Å². The van der Waals surface area contributed by atoms with Gasteiger partial charge in [0.2, 0.25) is 0 Å². The van der Waals surface area contributed by atoms with Gasteiger partial charge in [0.15, 0.2) is 5.78 Å². The first kappa shape index (κ1) is 11.9. The maximum Gasteiger partial charge on any atom is 0.159 e. The summed E-state index contributed by atoms with van der Waals surface area (Å²) in [6.45, 7) is 3.07. The van der Waals surface area contributed by atoms with Crippen LogP contribution in [0.2, 0.25) is 0 Å². The van der Waals surface area contributed by atoms with Crippen LogP contribution in [0, 0.1) is 0 Å². The topological polar surface area (TPSA) is 70.1 Å². The van der Waals surface area contributed by atoms with Gasteiger partial charge in [-0.15, -0.1) is 0 Å². The highest BCUT2D eigenvalue weighted by Crippen LogP contribution is 2.00. The summed E-state index contributed by atoms with van der Waals surface area (Å²) in [7, 11) is 1.53. The molecule has 15 heavy (non-hydrogen) atoms. The van der Waals surface area contributed by atoms with Crippen molar-refractivity contribution in [2.24, 2.45) is 5.73 Å². The molecule has 0 amide bonds. The number of hydrogen-bond donors (Lipinski definition) is 1. The zero-order valence-corrected chi connectivity index (χ0v) is 9.14. The highest BCUT2D eigenvalue weighted by molar-refractivity contribution is 5.85. The van der Waals surface area contributed by atoms with Gasteiger partial charge in [-0.2, -0.15) is 0 Å². The predicted molar refractivity (Wildman–Crippen MR) is 56.5 cm³/mol. The maximum atomic E-state index is 11.6. The summed E-state index contributed by atoms with van der Waals surface area (Å²) in [5.74, 6) is 0.715. The average Bonchev–Trinajstić information content (AvgIpc) is 2.65. The number of rotatable bonds is 6. The van der Waals surface area contributed by atoms with Crippen molar-refractivity contribution in [2.75, 3.05) is 13.7 Å². The molecule has 0 bridgehead atoms. The summed E-state index contributed by atoms with van der Waals surface area (Å²) >= 11 is 0. The molecule has 0 aliphatic carbocycles. The number of carbonyl (C=O) groups excluding carboxylic acids is 1. The lowest BCUT2D eigenvalue weighted by atomic mass is 10.1. The van der Waals surface area contributed by atoms with Gasteiger partial charge in [0.05, 0.1) is 19.1 Å². The molecule has 1 rings (SSSR count). The minimum Gasteiger partial charge on any atom is -0.383 e. The quantitative estimate of drug-likeness (QED) is 0.718. The minimum absolute atomic E-state index is 0.0437. The number of ether oxygens (including phenoxy) is 1. The number of Topliss-reactive ketones (excluding diaryl/α,β-unsaturated/α-hetero) is 1. The molecule has 2 N–H and O–H groups in total. The Morgan fingerprint density at radius 2 is 2.47 bits per heavy atom. The smallest absolute Gasteiger partial charge is 0.159 e. The van der Waals surface area contributed by atoms with Gasteiger partial charge in [-0.05, 0) is 6.92 Å². The Kier molecular flexibility index (Phi) is 4.45. The second-order valence-corrected chi connectivity index (χ2v) is 3.33. The number of aromatic nitrogens is 2. The molecule has 0 radical (unpaired) electrons. The number of ketones is 1. The molecule has 1 unspecified atom stereocenters. The number of carbonyl (C=O) groups is 1. The summed E-state index contributed by atoms with van der Waals surface area (Å²) < 4.78 is 6.76. The third kappa shape index (κ3) is 3.14. The minimum atomic E-state index is -0.558. The monoisotopic (exact) mass is 211 g/mol. The molecule has 1 aromatic heterocycles. The van der Waals surface area contributed by atoms with Crippen LogP contribution in [-0.4, -0.2) is 35.1 Å². The van der Waals surface area contributed by atoms with E-state index in [1.807, 2.05) is 17.7 Å². The summed E-state index contributed by atoms with van der Waals surface area (Å²) in [5.41, 5.74) is 5.62. The normalized spacial score (nSPS) is 12.7. The number of nitrogens with zero attached hydrogens (tertiary/aromatic N) is 2. The van der Waals surface area contributed by atoms with E-state index in [9.17, 15) is 4.79 Å². The second kappa shape index (κ2) is 5.63. The van der Waals surface area contributed by atoms with Crippen molar-refractivity contribution in [1.82, 2.24) is 9.55 Å². The van der Waals surface area contributed by atoms with Crippen LogP contribution in [0.15, 0.2) is 12.4 Å². The molecule has 1 atom stereocenters. The van der Waals surface area contributed by atoms with Crippen LogP contribution >= 0.6 is 0 Å². The van der Waals surface area contributed by atoms with Crippen LogP contribution < -0.4 is 5.73 Å². The van der Waals surface area contributed by atoms with Crippen molar-refractivity contribution < 1.29 is 9.53 Å². The van der Waals surface area contributed by atoms with Crippen LogP contribution in [-0.2, 0) is 22.5 Å². The number of aryl methyl sites for hydroxylation is 1. The lowest BCUT2D eigenvalue weighted by molar-refractivity contribution is -0.120. The fourth-order valence-electron chi connectivity index (χ4n) is 1.35. The van der Waals surface area contributed by atoms with Gasteiger partial charge < -0.3 is 15.0 Å². The molecule has 0 aliphatic rings. The average molecular weight is 211 g/mol. The highest BCUT2D eigenvalue weighted by atomic mass is 16.5. The molecule has 0 aromatic carbocycles. The molecule has 5 heteroatoms. The van der Waals surface area contributed by atoms with Crippen molar-refractivity contribution in [3.05, 3.63) is 18.2 Å². The molecular weight excluding hydrogens is 194 g/mol. The van der Waals surface area contributed by atoms with Crippen molar-refractivity contribution >= 4 is 5.78 Å². The molecule has 84 valence electrons. The van der Waals surface area contributed by atoms with Gasteiger partial charge in [0.1, 0.15) is 5.82 Å². The third-order valence-corrected chi connectivity index (χ3v) is 2.23. The SMILES string of the molecule is CCn1ccnc1CC(=O)C(N)COC. The first-order valence-corrected chi connectivity index (χ1v) is 4.96. The molecule has 0 spiro atoms. The predicted octanol–water partition coefficient (Wildman–Crippen LogP) is -0.0117. The van der Waals surface area contributed by atoms with Crippen LogP contribution in [0.3, 0.4) is 0 Å². The van der Waals surface area contributed by atoms with Gasteiger partial charge in [-0.3, -0.25) is 4.79 Å². The van der Waals surface area contributed by atoms with E-state index in [1.165, 1.54) is 7.11 Å². The van der Waals surface area contributed by atoms with Gasteiger partial charge in [0, 0.05) is 26.0 Å². The lowest BCUT2D eigenvalue weighted by Crippen LogP contribution is -2.36. The fourth-order valence-corrected chi connectivity index (χ4v) is 1.35. The molecule has 0 saturated carbocycles. The highest BCUT2D eigenvalue weighted by Gasteiger charge is 2.15. The van der Waals surface area contributed by atoms with E-state index in [1.54, 1.807) is 6.20 Å². The fraction of sp³-hybridized carbons (Fsp3) is 0.600. The summed E-state index contributed by atoms with van der Waals surface area (Å²) in [6.07, 6.45) is 3.81. The van der Waals surface area contributed by atoms with Crippen LogP contribution in [0.4, 0.5) is 0 Å². The van der Waals surface area contributed by atoms with E-state index < -0.39 is 6.04 Å². The maximum absolute atomic E-state index is 11.6. The molecule has 5 nitrogen and oxygen atoms in total. The van der Waals surface area contributed by atoms with Gasteiger partial charge in [0.25, 0.3) is 0 Å². The molecule has 0 saturated heterocycles. The van der Waals surface area contributed by atoms with Crippen LogP contribution in [0.5, 0.6) is 0 Å². The Balaban J connectivity index is 2.58. The Labute approximate surface area is 89.2 Å². The lowest BCUT2D eigenvalue weighted by Gasteiger charge is -2.09. The standard InChI is InChI=1S/C10H17N3O2/c1-3-13-5-4-12-10(13)6-9(14)8(11)7-15-2/h4-5,8H,3,6-7,11H2,1-2H3. The van der Waals surface area contributed by atoms with Gasteiger partial charge in [-0.1, -0.05) is 0 Å². The summed E-state index contributed by atoms with van der Waals surface area (Å²) in [5, 5.41) is 0. The molecule has 1 aromatic rings. The van der Waals surface area contributed by atoms with Crippen molar-refractivity contribution in [2.45, 2.75) is 25.9 Å². The number of imidazole rings is 1. The van der Waals surface area contributed by atoms with Crippen LogP contribution in [0.25, 0.3) is 0 Å². The second-order valence-electron chi connectivity index (χ2n) is 3.33. The summed E-state index contributed by atoms with van der Waals surface area (Å²) in [4.78, 5) is 15.7.